The summed E-state index contributed by atoms with van der Waals surface area (Å²) in [6, 6.07) is 0. The van der Waals surface area contributed by atoms with Gasteiger partial charge in [-0.2, -0.15) is 0 Å². The van der Waals surface area contributed by atoms with Gasteiger partial charge in [-0.1, -0.05) is 28.2 Å². The van der Waals surface area contributed by atoms with Gasteiger partial charge in [-0.3, -0.25) is 4.79 Å². The monoisotopic (exact) mass is 296 g/mol. The van der Waals surface area contributed by atoms with Crippen LogP contribution in [-0.2, 0) is 14.6 Å². The molecule has 1 rings (SSSR count). The van der Waals surface area contributed by atoms with E-state index in [-0.39, 0.29) is 17.4 Å². The average Bonchev–Trinajstić information content (AvgIpc) is 2.50. The van der Waals surface area contributed by atoms with Gasteiger partial charge in [0.1, 0.15) is 0 Å². The Bertz CT molecular complexity index is 338. The first kappa shape index (κ1) is 18.4. The van der Waals surface area contributed by atoms with Gasteiger partial charge in [0.25, 0.3) is 0 Å². The minimum atomic E-state index is -2.91. The van der Waals surface area contributed by atoms with Crippen molar-refractivity contribution in [2.24, 2.45) is 5.92 Å². The van der Waals surface area contributed by atoms with Crippen LogP contribution in [-0.4, -0.2) is 55.5 Å². The second-order valence-electron chi connectivity index (χ2n) is 4.19. The van der Waals surface area contributed by atoms with Gasteiger partial charge in [0.05, 0.1) is 11.7 Å². The standard InChI is InChI=1S/C10H19NO4S.C2H6.CH4/c1-2-16(14,15)8-7-11-5-3-9(4-6-11)10(12)13;1-2;/h9H,2-8H2,1H3,(H,12,13);1-2H3;1H4/i;;1D. The van der Waals surface area contributed by atoms with Gasteiger partial charge in [0.2, 0.25) is 0 Å². The summed E-state index contributed by atoms with van der Waals surface area (Å²) >= 11 is 0. The van der Waals surface area contributed by atoms with Crippen LogP contribution >= 0.6 is 0 Å². The molecule has 0 aliphatic carbocycles. The number of carbonyl (C=O) groups is 1. The fourth-order valence-electron chi connectivity index (χ4n) is 1.82. The highest BCUT2D eigenvalue weighted by atomic mass is 32.2. The fourth-order valence-corrected chi connectivity index (χ4v) is 2.64. The molecule has 0 unspecified atom stereocenters. The first-order valence-electron chi connectivity index (χ1n) is 7.60. The highest BCUT2D eigenvalue weighted by Crippen LogP contribution is 2.16. The van der Waals surface area contributed by atoms with Crippen LogP contribution in [0, 0.1) is 5.92 Å². The Labute approximate surface area is 119 Å². The van der Waals surface area contributed by atoms with Crippen molar-refractivity contribution >= 4 is 15.8 Å². The molecule has 0 aromatic carbocycles. The Morgan fingerprint density at radius 3 is 2.21 bits per heavy atom. The third-order valence-electron chi connectivity index (χ3n) is 3.10. The predicted molar refractivity (Wildman–Crippen MR) is 79.2 cm³/mol. The van der Waals surface area contributed by atoms with Crippen molar-refractivity contribution in [1.29, 1.82) is 0 Å². The van der Waals surface area contributed by atoms with Gasteiger partial charge in [0.15, 0.2) is 9.84 Å². The minimum absolute atomic E-state index is 0.179. The van der Waals surface area contributed by atoms with Crippen LogP contribution in [0.1, 0.15) is 42.4 Å². The van der Waals surface area contributed by atoms with Crippen molar-refractivity contribution in [1.82, 2.24) is 4.90 Å². The molecule has 1 aliphatic heterocycles. The van der Waals surface area contributed by atoms with E-state index in [4.69, 9.17) is 6.48 Å². The van der Waals surface area contributed by atoms with E-state index >= 15 is 0 Å². The SMILES string of the molecule is CC.CCS(=O)(=O)CCN1CCC(C(=O)O)CC1.[2H]C. The smallest absolute Gasteiger partial charge is 0.306 e. The van der Waals surface area contributed by atoms with E-state index in [2.05, 4.69) is 0 Å². The average molecular weight is 296 g/mol. The summed E-state index contributed by atoms with van der Waals surface area (Å²) in [6.07, 6.45) is 1.25. The lowest BCUT2D eigenvalue weighted by Crippen LogP contribution is -2.38. The molecule has 0 aromatic heterocycles. The van der Waals surface area contributed by atoms with Crippen LogP contribution < -0.4 is 0 Å². The van der Waals surface area contributed by atoms with Gasteiger partial charge >= 0.3 is 5.97 Å². The van der Waals surface area contributed by atoms with Crippen molar-refractivity contribution in [3.8, 4) is 0 Å². The quantitative estimate of drug-likeness (QED) is 0.838. The largest absolute Gasteiger partial charge is 0.481 e. The molecule has 6 heteroatoms. The van der Waals surface area contributed by atoms with Crippen LogP contribution in [0.15, 0.2) is 0 Å². The number of carboxylic acids is 1. The fraction of sp³-hybridized carbons (Fsp3) is 0.923. The molecule has 0 aromatic rings. The van der Waals surface area contributed by atoms with Crippen LogP contribution in [0.3, 0.4) is 0 Å². The Balaban J connectivity index is 0. The van der Waals surface area contributed by atoms with Crippen LogP contribution in [0.2, 0.25) is 0 Å². The Hall–Kier alpha value is -0.620. The lowest BCUT2D eigenvalue weighted by Gasteiger charge is -2.29. The maximum atomic E-state index is 11.3. The molecule has 0 radical (unpaired) electrons. The summed E-state index contributed by atoms with van der Waals surface area (Å²) < 4.78 is 28.3. The molecule has 19 heavy (non-hydrogen) atoms. The number of sulfone groups is 1. The van der Waals surface area contributed by atoms with E-state index in [1.165, 1.54) is 7.40 Å². The van der Waals surface area contributed by atoms with Crippen molar-refractivity contribution in [3.05, 3.63) is 0 Å². The van der Waals surface area contributed by atoms with Crippen LogP contribution in [0.25, 0.3) is 0 Å². The van der Waals surface area contributed by atoms with Gasteiger partial charge < -0.3 is 10.0 Å². The van der Waals surface area contributed by atoms with Crippen molar-refractivity contribution in [3.63, 3.8) is 0 Å². The highest BCUT2D eigenvalue weighted by Gasteiger charge is 2.24. The second kappa shape index (κ2) is 10.2. The predicted octanol–water partition coefficient (Wildman–Crippen LogP) is 1.88. The molecule has 0 amide bonds. The highest BCUT2D eigenvalue weighted by molar-refractivity contribution is 7.91. The summed E-state index contributed by atoms with van der Waals surface area (Å²) in [4.78, 5) is 12.7. The maximum Gasteiger partial charge on any atom is 0.306 e. The summed E-state index contributed by atoms with van der Waals surface area (Å²) in [6.45, 7) is 7.56. The molecular formula is C13H29NO4S. The molecule has 0 saturated carbocycles. The zero-order valence-corrected chi connectivity index (χ0v) is 13.4. The van der Waals surface area contributed by atoms with E-state index in [1.807, 2.05) is 18.7 Å². The molecular weight excluding hydrogens is 266 g/mol. The van der Waals surface area contributed by atoms with E-state index in [0.717, 1.165) is 0 Å². The molecule has 0 spiro atoms. The normalized spacial score (nSPS) is 17.4. The number of aliphatic carboxylic acids is 1. The summed E-state index contributed by atoms with van der Waals surface area (Å²) in [5.41, 5.74) is 0. The van der Waals surface area contributed by atoms with E-state index in [0.29, 0.717) is 32.5 Å². The zero-order valence-electron chi connectivity index (χ0n) is 13.6. The lowest BCUT2D eigenvalue weighted by atomic mass is 9.97. The van der Waals surface area contributed by atoms with Gasteiger partial charge in [-0.15, -0.1) is 0 Å². The third kappa shape index (κ3) is 8.21. The van der Waals surface area contributed by atoms with Gasteiger partial charge in [-0.05, 0) is 25.9 Å². The van der Waals surface area contributed by atoms with Gasteiger partial charge in [-0.25, -0.2) is 8.42 Å². The Morgan fingerprint density at radius 2 is 1.84 bits per heavy atom. The molecule has 1 saturated heterocycles. The molecule has 0 atom stereocenters. The minimum Gasteiger partial charge on any atom is -0.481 e. The number of hydrogen-bond donors (Lipinski definition) is 1. The molecule has 5 nitrogen and oxygen atoms in total. The summed E-state index contributed by atoms with van der Waals surface area (Å²) in [5, 5.41) is 8.81. The number of piperidine rings is 1. The molecule has 1 fully saturated rings. The second-order valence-corrected chi connectivity index (χ2v) is 6.66. The Kier molecular flexibility index (Phi) is 9.87. The first-order valence-corrected chi connectivity index (χ1v) is 8.42. The Morgan fingerprint density at radius 1 is 1.37 bits per heavy atom. The third-order valence-corrected chi connectivity index (χ3v) is 4.78. The molecule has 0 bridgehead atoms. The van der Waals surface area contributed by atoms with E-state index in [1.54, 1.807) is 6.92 Å². The van der Waals surface area contributed by atoms with Crippen molar-refractivity contribution in [2.45, 2.75) is 41.0 Å². The van der Waals surface area contributed by atoms with Crippen molar-refractivity contribution < 1.29 is 19.7 Å². The van der Waals surface area contributed by atoms with Crippen LogP contribution in [0.5, 0.6) is 0 Å². The topological polar surface area (TPSA) is 74.7 Å². The molecule has 1 aliphatic rings. The molecule has 116 valence electrons. The number of carboxylic acid groups (broad SMARTS) is 1. The van der Waals surface area contributed by atoms with Crippen molar-refractivity contribution in [2.75, 3.05) is 31.1 Å². The summed E-state index contributed by atoms with van der Waals surface area (Å²) in [7, 11) is -1.66. The molecule has 1 heterocycles. The first-order chi connectivity index (χ1) is 9.44. The maximum absolute atomic E-state index is 11.3. The number of hydrogen-bond acceptors (Lipinski definition) is 4. The summed E-state index contributed by atoms with van der Waals surface area (Å²) in [5.74, 6) is -0.625. The van der Waals surface area contributed by atoms with Gasteiger partial charge in [0, 0.05) is 13.7 Å². The number of likely N-dealkylation sites (tertiary alicyclic amines) is 1. The van der Waals surface area contributed by atoms with Crippen LogP contribution in [0.4, 0.5) is 0 Å². The number of rotatable bonds is 5. The zero-order chi connectivity index (χ0) is 16.2. The van der Waals surface area contributed by atoms with E-state index in [9.17, 15) is 13.2 Å². The lowest BCUT2D eigenvalue weighted by molar-refractivity contribution is -0.143. The number of nitrogens with zero attached hydrogens (tertiary/aromatic N) is 1. The van der Waals surface area contributed by atoms with E-state index < -0.39 is 15.8 Å². The molecule has 1 N–H and O–H groups in total.